The van der Waals surface area contributed by atoms with Crippen molar-refractivity contribution >= 4 is 50.8 Å². The lowest BCUT2D eigenvalue weighted by Gasteiger charge is -2.25. The van der Waals surface area contributed by atoms with Crippen molar-refractivity contribution in [1.82, 2.24) is 0 Å². The highest BCUT2D eigenvalue weighted by Crippen LogP contribution is 2.48. The first-order chi connectivity index (χ1) is 21.7. The number of halogens is 14. The first-order valence-corrected chi connectivity index (χ1v) is 15.4. The molecule has 0 aliphatic heterocycles. The fraction of sp³-hybridized carbons (Fsp3) is 0.290. The molecule has 0 nitrogen and oxygen atoms in total. The maximum atomic E-state index is 16.3. The molecule has 0 spiro atoms. The predicted molar refractivity (Wildman–Crippen MR) is 145 cm³/mol. The van der Waals surface area contributed by atoms with Crippen LogP contribution in [0.3, 0.4) is 0 Å². The Labute approximate surface area is 252 Å². The van der Waals surface area contributed by atoms with Crippen molar-refractivity contribution in [3.63, 3.8) is 0 Å². The number of hydrogen-bond acceptors (Lipinski definition) is 0. The first kappa shape index (κ1) is 33.9. The Morgan fingerprint density at radius 2 is 0.587 bits per heavy atom. The molecule has 0 amide bonds. The van der Waals surface area contributed by atoms with Crippen LogP contribution in [0.5, 0.6) is 0 Å². The lowest BCUT2D eigenvalue weighted by molar-refractivity contribution is 0.384. The molecule has 5 aromatic rings. The van der Waals surface area contributed by atoms with Crippen LogP contribution in [-0.2, 0) is 0 Å². The van der Waals surface area contributed by atoms with Gasteiger partial charge in [-0.25, -0.2) is 61.5 Å². The number of benzene rings is 5. The zero-order valence-corrected chi connectivity index (χ0v) is 24.3. The van der Waals surface area contributed by atoms with E-state index in [4.69, 9.17) is 0 Å². The molecule has 246 valence electrons. The Morgan fingerprint density at radius 1 is 0.304 bits per heavy atom. The monoisotopic (exact) mass is 688 g/mol. The van der Waals surface area contributed by atoms with Gasteiger partial charge in [0, 0.05) is 10.8 Å². The fourth-order valence-corrected chi connectivity index (χ4v) is 8.31. The zero-order chi connectivity index (χ0) is 33.9. The van der Waals surface area contributed by atoms with E-state index in [1.165, 1.54) is 0 Å². The quantitative estimate of drug-likeness (QED) is 0.0342. The van der Waals surface area contributed by atoms with Crippen LogP contribution >= 0.6 is 7.92 Å². The second-order valence-corrected chi connectivity index (χ2v) is 12.8. The van der Waals surface area contributed by atoms with Crippen LogP contribution in [0, 0.1) is 81.4 Å². The van der Waals surface area contributed by atoms with Crippen LogP contribution in [0.15, 0.2) is 0 Å². The number of rotatable bonds is 10. The minimum atomic E-state index is -3.45. The minimum absolute atomic E-state index is 0.162. The van der Waals surface area contributed by atoms with Gasteiger partial charge >= 0.3 is 0 Å². The summed E-state index contributed by atoms with van der Waals surface area (Å²) >= 11 is 0. The average Bonchev–Trinajstić information content (AvgIpc) is 3.02. The molecule has 46 heavy (non-hydrogen) atoms. The van der Waals surface area contributed by atoms with Gasteiger partial charge < -0.3 is 0 Å². The molecular weight excluding hydrogens is 669 g/mol. The van der Waals surface area contributed by atoms with Gasteiger partial charge in [-0.3, -0.25) is 0 Å². The molecule has 0 aliphatic carbocycles. The standard InChI is InChI=1S/C31H19F14P/c1-2-3-4-5-6-7-8-9-46(31-28(44)26(42)25(41)27(43)29(31)45)30-22(38)14-11-10-12(16(32)18(14)34)20(36)24(40)21(37)13(10)17(33)19(35)15(11)23(30)39/h2-9H2,1H3. The van der Waals surface area contributed by atoms with Gasteiger partial charge in [0.2, 0.25) is 5.82 Å². The van der Waals surface area contributed by atoms with Crippen LogP contribution in [-0.4, -0.2) is 6.16 Å². The number of unbranched alkanes of at least 4 members (excludes halogenated alkanes) is 6. The molecular formula is C31H19F14P. The Hall–Kier alpha value is -3.41. The molecule has 0 aliphatic rings. The maximum absolute atomic E-state index is 16.3. The van der Waals surface area contributed by atoms with E-state index in [0.717, 1.165) is 19.3 Å². The van der Waals surface area contributed by atoms with E-state index in [2.05, 4.69) is 0 Å². The summed E-state index contributed by atoms with van der Waals surface area (Å²) in [6.45, 7) is 1.94. The van der Waals surface area contributed by atoms with Gasteiger partial charge in [-0.05, 0) is 20.5 Å². The minimum Gasteiger partial charge on any atom is -0.205 e. The molecule has 0 bridgehead atoms. The maximum Gasteiger partial charge on any atom is 0.200 e. The molecule has 5 rings (SSSR count). The van der Waals surface area contributed by atoms with Crippen molar-refractivity contribution in [2.75, 3.05) is 6.16 Å². The highest BCUT2D eigenvalue weighted by atomic mass is 31.1. The Kier molecular flexibility index (Phi) is 9.34. The van der Waals surface area contributed by atoms with Gasteiger partial charge in [-0.2, -0.15) is 0 Å². The molecule has 0 saturated carbocycles. The lowest BCUT2D eigenvalue weighted by atomic mass is 9.91. The molecule has 0 heterocycles. The van der Waals surface area contributed by atoms with Crippen molar-refractivity contribution in [2.24, 2.45) is 0 Å². The highest BCUT2D eigenvalue weighted by Gasteiger charge is 2.39. The van der Waals surface area contributed by atoms with E-state index in [1.54, 1.807) is 0 Å². The van der Waals surface area contributed by atoms with E-state index in [1.807, 2.05) is 6.92 Å². The highest BCUT2D eigenvalue weighted by molar-refractivity contribution is 7.73. The van der Waals surface area contributed by atoms with Crippen molar-refractivity contribution in [3.8, 4) is 0 Å². The molecule has 0 N–H and O–H groups in total. The molecule has 15 heteroatoms. The number of hydrogen-bond donors (Lipinski definition) is 0. The summed E-state index contributed by atoms with van der Waals surface area (Å²) < 4.78 is 210. The van der Waals surface area contributed by atoms with Crippen LogP contribution in [0.25, 0.3) is 32.3 Å². The van der Waals surface area contributed by atoms with Crippen LogP contribution in [0.2, 0.25) is 0 Å². The van der Waals surface area contributed by atoms with Crippen molar-refractivity contribution < 1.29 is 61.5 Å². The average molecular weight is 688 g/mol. The second kappa shape index (κ2) is 12.7. The van der Waals surface area contributed by atoms with Crippen molar-refractivity contribution in [3.05, 3.63) is 81.4 Å². The Morgan fingerprint density at radius 3 is 1.00 bits per heavy atom. The summed E-state index contributed by atoms with van der Waals surface area (Å²) in [5.41, 5.74) is 0. The smallest absolute Gasteiger partial charge is 0.200 e. The molecule has 0 fully saturated rings. The van der Waals surface area contributed by atoms with Crippen LogP contribution in [0.1, 0.15) is 51.9 Å². The third-order valence-electron chi connectivity index (χ3n) is 7.90. The van der Waals surface area contributed by atoms with Gasteiger partial charge in [0.15, 0.2) is 64.0 Å². The summed E-state index contributed by atoms with van der Waals surface area (Å²) in [5.74, 6) is -34.3. The molecule has 0 radical (unpaired) electrons. The summed E-state index contributed by atoms with van der Waals surface area (Å²) in [6, 6.07) is 0. The van der Waals surface area contributed by atoms with E-state index in [-0.39, 0.29) is 12.8 Å². The van der Waals surface area contributed by atoms with Gasteiger partial charge in [-0.1, -0.05) is 45.4 Å². The van der Waals surface area contributed by atoms with Crippen LogP contribution in [0.4, 0.5) is 61.5 Å². The van der Waals surface area contributed by atoms with Crippen molar-refractivity contribution in [2.45, 2.75) is 51.9 Å². The molecule has 0 aromatic heterocycles. The molecule has 1 unspecified atom stereocenters. The third-order valence-corrected chi connectivity index (χ3v) is 10.5. The Balaban J connectivity index is 1.88. The SMILES string of the molecule is CCCCCCCCCP(c1c(F)c(F)c(F)c(F)c1F)c1c(F)c2c(F)c(F)c3c(F)c(F)c(F)c4c(F)c(F)c(c1F)c2c34. The fourth-order valence-electron chi connectivity index (χ4n) is 5.73. The normalized spacial score (nSPS) is 12.8. The summed E-state index contributed by atoms with van der Waals surface area (Å²) in [4.78, 5) is 0. The lowest BCUT2D eigenvalue weighted by Crippen LogP contribution is -2.28. The second-order valence-electron chi connectivity index (χ2n) is 10.6. The Bertz CT molecular complexity index is 1900. The topological polar surface area (TPSA) is 0 Å². The molecule has 1 atom stereocenters. The largest absolute Gasteiger partial charge is 0.205 e. The predicted octanol–water partition coefficient (Wildman–Crippen LogP) is 10.7. The van der Waals surface area contributed by atoms with E-state index < -0.39 is 138 Å². The van der Waals surface area contributed by atoms with E-state index in [9.17, 15) is 26.3 Å². The zero-order valence-electron chi connectivity index (χ0n) is 23.4. The third kappa shape index (κ3) is 4.93. The summed E-state index contributed by atoms with van der Waals surface area (Å²) in [7, 11) is -3.45. The van der Waals surface area contributed by atoms with Gasteiger partial charge in [-0.15, -0.1) is 0 Å². The molecule has 5 aromatic carbocycles. The van der Waals surface area contributed by atoms with Gasteiger partial charge in [0.25, 0.3) is 0 Å². The first-order valence-electron chi connectivity index (χ1n) is 13.9. The van der Waals surface area contributed by atoms with Gasteiger partial charge in [0.1, 0.15) is 11.6 Å². The molecule has 0 saturated heterocycles. The van der Waals surface area contributed by atoms with Crippen LogP contribution < -0.4 is 10.6 Å². The summed E-state index contributed by atoms with van der Waals surface area (Å²) in [6.07, 6.45) is 2.97. The van der Waals surface area contributed by atoms with Gasteiger partial charge in [0.05, 0.1) is 32.2 Å². The summed E-state index contributed by atoms with van der Waals surface area (Å²) in [5, 5.41) is -13.6. The van der Waals surface area contributed by atoms with E-state index in [0.29, 0.717) is 12.8 Å². The van der Waals surface area contributed by atoms with E-state index >= 15 is 35.1 Å². The van der Waals surface area contributed by atoms with Crippen molar-refractivity contribution in [1.29, 1.82) is 0 Å².